The van der Waals surface area contributed by atoms with Crippen LogP contribution >= 0.6 is 22.6 Å². The van der Waals surface area contributed by atoms with Crippen LogP contribution in [-0.4, -0.2) is 17.3 Å². The topological polar surface area (TPSA) is 58.3 Å². The molecule has 1 fully saturated rings. The van der Waals surface area contributed by atoms with Crippen LogP contribution in [0.1, 0.15) is 30.4 Å². The van der Waals surface area contributed by atoms with E-state index in [9.17, 15) is 5.11 Å². The molecule has 4 N–H and O–H groups in total. The zero-order valence-electron chi connectivity index (χ0n) is 10.6. The van der Waals surface area contributed by atoms with Crippen molar-refractivity contribution < 1.29 is 5.11 Å². The van der Waals surface area contributed by atoms with Crippen molar-refractivity contribution in [3.63, 3.8) is 0 Å². The summed E-state index contributed by atoms with van der Waals surface area (Å²) in [6.07, 6.45) is 4.68. The lowest BCUT2D eigenvalue weighted by atomic mass is 9.80. The molecule has 2 rings (SSSR count). The van der Waals surface area contributed by atoms with E-state index in [-0.39, 0.29) is 0 Å². The van der Waals surface area contributed by atoms with Crippen LogP contribution in [0.25, 0.3) is 6.08 Å². The van der Waals surface area contributed by atoms with E-state index in [1.807, 2.05) is 19.1 Å². The maximum Gasteiger partial charge on any atom is 0.0819 e. The molecule has 0 aromatic heterocycles. The first-order valence-electron chi connectivity index (χ1n) is 6.14. The second-order valence-electron chi connectivity index (χ2n) is 5.00. The maximum absolute atomic E-state index is 10.1. The van der Waals surface area contributed by atoms with Crippen molar-refractivity contribution in [2.24, 2.45) is 0 Å². The fourth-order valence-corrected chi connectivity index (χ4v) is 2.89. The van der Waals surface area contributed by atoms with Crippen molar-refractivity contribution in [3.05, 3.63) is 27.3 Å². The minimum atomic E-state index is -0.540. The van der Waals surface area contributed by atoms with Crippen molar-refractivity contribution in [3.8, 4) is 0 Å². The highest BCUT2D eigenvalue weighted by Gasteiger charge is 2.34. The fourth-order valence-electron chi connectivity index (χ4n) is 2.24. The van der Waals surface area contributed by atoms with Gasteiger partial charge in [-0.25, -0.2) is 0 Å². The monoisotopic (exact) mass is 358 g/mol. The van der Waals surface area contributed by atoms with Gasteiger partial charge in [-0.3, -0.25) is 0 Å². The van der Waals surface area contributed by atoms with Gasteiger partial charge in [0.2, 0.25) is 0 Å². The van der Waals surface area contributed by atoms with Crippen LogP contribution in [-0.2, 0) is 0 Å². The van der Waals surface area contributed by atoms with E-state index < -0.39 is 5.60 Å². The Morgan fingerprint density at radius 1 is 1.61 bits per heavy atom. The SMILES string of the molecule is C=Cc1cc(N)c(NCC2(O)CCC2)c(C)c1I. The van der Waals surface area contributed by atoms with Gasteiger partial charge in [0.05, 0.1) is 17.0 Å². The van der Waals surface area contributed by atoms with E-state index in [1.54, 1.807) is 0 Å². The Labute approximate surface area is 122 Å². The molecule has 0 heterocycles. The second kappa shape index (κ2) is 5.09. The van der Waals surface area contributed by atoms with E-state index in [1.165, 1.54) is 0 Å². The van der Waals surface area contributed by atoms with Gasteiger partial charge in [-0.05, 0) is 66.0 Å². The Hall–Kier alpha value is -0.750. The summed E-state index contributed by atoms with van der Waals surface area (Å²) in [5.74, 6) is 0. The zero-order valence-corrected chi connectivity index (χ0v) is 12.8. The summed E-state index contributed by atoms with van der Waals surface area (Å²) in [6, 6.07) is 1.93. The number of nitrogens with one attached hydrogen (secondary N) is 1. The van der Waals surface area contributed by atoms with Crippen molar-refractivity contribution in [2.45, 2.75) is 31.8 Å². The summed E-state index contributed by atoms with van der Waals surface area (Å²) < 4.78 is 1.15. The van der Waals surface area contributed by atoms with E-state index in [0.29, 0.717) is 12.2 Å². The molecule has 0 atom stereocenters. The van der Waals surface area contributed by atoms with E-state index in [4.69, 9.17) is 5.73 Å². The lowest BCUT2D eigenvalue weighted by molar-refractivity contribution is -0.0201. The third kappa shape index (κ3) is 2.49. The zero-order chi connectivity index (χ0) is 13.3. The number of rotatable bonds is 4. The molecule has 1 aromatic carbocycles. The molecule has 18 heavy (non-hydrogen) atoms. The van der Waals surface area contributed by atoms with E-state index in [2.05, 4.69) is 34.5 Å². The Morgan fingerprint density at radius 3 is 2.78 bits per heavy atom. The predicted molar refractivity (Wildman–Crippen MR) is 85.7 cm³/mol. The number of nitrogens with two attached hydrogens (primary N) is 1. The van der Waals surface area contributed by atoms with Crippen molar-refractivity contribution in [1.29, 1.82) is 0 Å². The largest absolute Gasteiger partial charge is 0.397 e. The van der Waals surface area contributed by atoms with Crippen molar-refractivity contribution in [2.75, 3.05) is 17.6 Å². The summed E-state index contributed by atoms with van der Waals surface area (Å²) in [5, 5.41) is 13.4. The predicted octanol–water partition coefficient (Wildman–Crippen LogP) is 3.15. The van der Waals surface area contributed by atoms with Crippen LogP contribution in [0.3, 0.4) is 0 Å². The van der Waals surface area contributed by atoms with Gasteiger partial charge in [0.25, 0.3) is 0 Å². The average molecular weight is 358 g/mol. The number of nitrogen functional groups attached to an aromatic ring is 1. The number of hydrogen-bond acceptors (Lipinski definition) is 3. The molecule has 0 amide bonds. The first-order valence-corrected chi connectivity index (χ1v) is 7.22. The van der Waals surface area contributed by atoms with Crippen LogP contribution in [0.15, 0.2) is 12.6 Å². The fraction of sp³-hybridized carbons (Fsp3) is 0.429. The number of hydrogen-bond donors (Lipinski definition) is 3. The van der Waals surface area contributed by atoms with Gasteiger partial charge < -0.3 is 16.2 Å². The molecule has 4 heteroatoms. The second-order valence-corrected chi connectivity index (χ2v) is 6.08. The summed E-state index contributed by atoms with van der Waals surface area (Å²) in [4.78, 5) is 0. The highest BCUT2D eigenvalue weighted by Crippen LogP contribution is 2.35. The van der Waals surface area contributed by atoms with E-state index in [0.717, 1.165) is 39.6 Å². The quantitative estimate of drug-likeness (QED) is 0.573. The van der Waals surface area contributed by atoms with Gasteiger partial charge in [0, 0.05) is 10.1 Å². The molecule has 0 bridgehead atoms. The van der Waals surface area contributed by atoms with Crippen LogP contribution in [0, 0.1) is 10.5 Å². The Morgan fingerprint density at radius 2 is 2.28 bits per heavy atom. The number of aliphatic hydroxyl groups is 1. The third-order valence-corrected chi connectivity index (χ3v) is 5.09. The van der Waals surface area contributed by atoms with Crippen molar-refractivity contribution >= 4 is 40.0 Å². The molecule has 0 unspecified atom stereocenters. The molecular formula is C14H19IN2O. The third-order valence-electron chi connectivity index (χ3n) is 3.66. The van der Waals surface area contributed by atoms with Gasteiger partial charge in [-0.2, -0.15) is 0 Å². The van der Waals surface area contributed by atoms with Gasteiger partial charge in [-0.15, -0.1) is 0 Å². The Kier molecular flexibility index (Phi) is 3.87. The average Bonchev–Trinajstić information content (AvgIpc) is 2.31. The molecule has 0 saturated heterocycles. The molecule has 3 nitrogen and oxygen atoms in total. The maximum atomic E-state index is 10.1. The molecule has 1 aliphatic rings. The normalized spacial score (nSPS) is 17.1. The highest BCUT2D eigenvalue weighted by molar-refractivity contribution is 14.1. The standard InChI is InChI=1S/C14H19IN2O/c1-3-10-7-11(16)13(9(2)12(10)15)17-8-14(18)5-4-6-14/h3,7,17-18H,1,4-6,8,16H2,2H3. The van der Waals surface area contributed by atoms with Gasteiger partial charge in [0.1, 0.15) is 0 Å². The summed E-state index contributed by atoms with van der Waals surface area (Å²) in [5.41, 5.74) is 9.34. The van der Waals surface area contributed by atoms with E-state index >= 15 is 0 Å². The van der Waals surface area contributed by atoms with Crippen LogP contribution in [0.4, 0.5) is 11.4 Å². The van der Waals surface area contributed by atoms with Gasteiger partial charge >= 0.3 is 0 Å². The van der Waals surface area contributed by atoms with Crippen LogP contribution in [0.5, 0.6) is 0 Å². The molecule has 1 aromatic rings. The molecule has 0 aliphatic heterocycles. The van der Waals surface area contributed by atoms with Crippen LogP contribution < -0.4 is 11.1 Å². The minimum Gasteiger partial charge on any atom is -0.397 e. The molecule has 0 spiro atoms. The molecule has 1 saturated carbocycles. The first-order chi connectivity index (χ1) is 8.47. The number of benzene rings is 1. The molecule has 98 valence electrons. The highest BCUT2D eigenvalue weighted by atomic mass is 127. The van der Waals surface area contributed by atoms with Crippen molar-refractivity contribution in [1.82, 2.24) is 0 Å². The lowest BCUT2D eigenvalue weighted by Crippen LogP contribution is -2.43. The summed E-state index contributed by atoms with van der Waals surface area (Å²) in [7, 11) is 0. The smallest absolute Gasteiger partial charge is 0.0819 e. The summed E-state index contributed by atoms with van der Waals surface area (Å²) >= 11 is 2.30. The van der Waals surface area contributed by atoms with Crippen LogP contribution in [0.2, 0.25) is 0 Å². The molecular weight excluding hydrogens is 339 g/mol. The first kappa shape index (κ1) is 13.7. The minimum absolute atomic E-state index is 0.540. The Balaban J connectivity index is 2.22. The molecule has 1 aliphatic carbocycles. The molecule has 0 radical (unpaired) electrons. The summed E-state index contributed by atoms with van der Waals surface area (Å²) in [6.45, 7) is 6.40. The lowest BCUT2D eigenvalue weighted by Gasteiger charge is -2.37. The van der Waals surface area contributed by atoms with Gasteiger partial charge in [-0.1, -0.05) is 12.7 Å². The Bertz CT molecular complexity index is 481. The number of anilines is 2. The number of halogens is 1. The van der Waals surface area contributed by atoms with Gasteiger partial charge in [0.15, 0.2) is 0 Å².